The molecule has 3 amide bonds. The first kappa shape index (κ1) is 19.5. The number of hydrogen-bond donors (Lipinski definition) is 1. The van der Waals surface area contributed by atoms with Crippen LogP contribution in [0.3, 0.4) is 0 Å². The minimum absolute atomic E-state index is 0.0395. The lowest BCUT2D eigenvalue weighted by Gasteiger charge is -2.32. The summed E-state index contributed by atoms with van der Waals surface area (Å²) in [4.78, 5) is 39.2. The van der Waals surface area contributed by atoms with Crippen LogP contribution in [0.15, 0.2) is 0 Å². The number of ether oxygens (including phenoxy) is 1. The van der Waals surface area contributed by atoms with E-state index >= 15 is 0 Å². The summed E-state index contributed by atoms with van der Waals surface area (Å²) in [5.41, 5.74) is 0. The van der Waals surface area contributed by atoms with Crippen LogP contribution >= 0.6 is 0 Å². The van der Waals surface area contributed by atoms with Crippen molar-refractivity contribution in [2.24, 2.45) is 5.92 Å². The van der Waals surface area contributed by atoms with Crippen LogP contribution in [0, 0.1) is 5.92 Å². The highest BCUT2D eigenvalue weighted by Crippen LogP contribution is 2.22. The van der Waals surface area contributed by atoms with Crippen molar-refractivity contribution in [3.05, 3.63) is 0 Å². The molecule has 2 rings (SSSR count). The summed E-state index contributed by atoms with van der Waals surface area (Å²) in [6, 6.07) is -0.0395. The molecule has 0 aromatic heterocycles. The molecule has 0 unspecified atom stereocenters. The maximum Gasteiger partial charge on any atom is 0.317 e. The van der Waals surface area contributed by atoms with Gasteiger partial charge >= 0.3 is 12.0 Å². The second-order valence-electron chi connectivity index (χ2n) is 6.99. The number of hydrogen-bond acceptors (Lipinski definition) is 4. The summed E-state index contributed by atoms with van der Waals surface area (Å²) in [5.74, 6) is 0.472. The van der Waals surface area contributed by atoms with Gasteiger partial charge in [0.05, 0.1) is 7.11 Å². The van der Waals surface area contributed by atoms with Gasteiger partial charge in [0.15, 0.2) is 0 Å². The molecule has 0 aromatic carbocycles. The Morgan fingerprint density at radius 1 is 1.00 bits per heavy atom. The molecule has 142 valence electrons. The van der Waals surface area contributed by atoms with Gasteiger partial charge in [-0.2, -0.15) is 0 Å². The lowest BCUT2D eigenvalue weighted by Crippen LogP contribution is -2.45. The average molecular weight is 353 g/mol. The lowest BCUT2D eigenvalue weighted by atomic mass is 9.93. The molecule has 0 radical (unpaired) electrons. The third-order valence-corrected chi connectivity index (χ3v) is 5.14. The smallest absolute Gasteiger partial charge is 0.317 e. The van der Waals surface area contributed by atoms with Gasteiger partial charge in [0.25, 0.3) is 0 Å². The lowest BCUT2D eigenvalue weighted by molar-refractivity contribution is -0.140. The van der Waals surface area contributed by atoms with Crippen LogP contribution in [0.4, 0.5) is 4.79 Å². The molecule has 7 heteroatoms. The quantitative estimate of drug-likeness (QED) is 0.559. The fraction of sp³-hybridized carbons (Fsp3) is 0.833. The molecule has 0 spiro atoms. The van der Waals surface area contributed by atoms with Crippen LogP contribution in [0.5, 0.6) is 0 Å². The molecular formula is C18H31N3O4. The van der Waals surface area contributed by atoms with Crippen LogP contribution in [-0.2, 0) is 14.3 Å². The third kappa shape index (κ3) is 6.55. The Kier molecular flexibility index (Phi) is 8.01. The molecule has 0 atom stereocenters. The number of rotatable bonds is 7. The van der Waals surface area contributed by atoms with Crippen molar-refractivity contribution < 1.29 is 19.1 Å². The van der Waals surface area contributed by atoms with Crippen LogP contribution < -0.4 is 5.32 Å². The van der Waals surface area contributed by atoms with Gasteiger partial charge in [-0.05, 0) is 44.4 Å². The van der Waals surface area contributed by atoms with Crippen molar-refractivity contribution in [2.75, 3.05) is 39.8 Å². The Labute approximate surface area is 150 Å². The van der Waals surface area contributed by atoms with Gasteiger partial charge in [-0.1, -0.05) is 0 Å². The minimum Gasteiger partial charge on any atom is -0.469 e. The zero-order valence-electron chi connectivity index (χ0n) is 15.3. The molecule has 0 aliphatic carbocycles. The summed E-state index contributed by atoms with van der Waals surface area (Å²) in [6.45, 7) is 3.83. The molecule has 1 N–H and O–H groups in total. The maximum absolute atomic E-state index is 12.2. The van der Waals surface area contributed by atoms with Crippen LogP contribution in [0.2, 0.25) is 0 Å². The molecule has 2 saturated heterocycles. The van der Waals surface area contributed by atoms with E-state index in [-0.39, 0.29) is 17.9 Å². The van der Waals surface area contributed by atoms with E-state index in [1.165, 1.54) is 7.11 Å². The van der Waals surface area contributed by atoms with Gasteiger partial charge in [-0.15, -0.1) is 0 Å². The van der Waals surface area contributed by atoms with Gasteiger partial charge in [0, 0.05) is 45.6 Å². The Morgan fingerprint density at radius 3 is 2.32 bits per heavy atom. The standard InChI is InChI=1S/C18H31N3O4/c1-25-17(23)6-2-3-9-19-18(24)21-12-7-15(8-13-21)14-16(22)20-10-4-5-11-20/h15H,2-14H2,1H3,(H,19,24). The Morgan fingerprint density at radius 2 is 1.68 bits per heavy atom. The van der Waals surface area contributed by atoms with Crippen molar-refractivity contribution in [2.45, 2.75) is 51.4 Å². The van der Waals surface area contributed by atoms with Crippen LogP contribution in [-0.4, -0.2) is 67.5 Å². The third-order valence-electron chi connectivity index (χ3n) is 5.14. The molecule has 7 nitrogen and oxygen atoms in total. The van der Waals surface area contributed by atoms with Gasteiger partial charge < -0.3 is 19.9 Å². The van der Waals surface area contributed by atoms with E-state index in [0.29, 0.717) is 44.8 Å². The van der Waals surface area contributed by atoms with E-state index in [1.54, 1.807) is 0 Å². The first-order valence-electron chi connectivity index (χ1n) is 9.47. The molecule has 2 aliphatic heterocycles. The van der Waals surface area contributed by atoms with Crippen molar-refractivity contribution in [3.63, 3.8) is 0 Å². The summed E-state index contributed by atoms with van der Waals surface area (Å²) in [5, 5.41) is 2.90. The van der Waals surface area contributed by atoms with Crippen molar-refractivity contribution >= 4 is 17.9 Å². The summed E-state index contributed by atoms with van der Waals surface area (Å²) in [6.07, 6.45) is 6.56. The first-order valence-corrected chi connectivity index (χ1v) is 9.47. The molecule has 2 aliphatic rings. The van der Waals surface area contributed by atoms with E-state index in [4.69, 9.17) is 0 Å². The number of nitrogens with one attached hydrogen (secondary N) is 1. The molecular weight excluding hydrogens is 322 g/mol. The zero-order chi connectivity index (χ0) is 18.1. The average Bonchev–Trinajstić information content (AvgIpc) is 3.16. The van der Waals surface area contributed by atoms with Crippen molar-refractivity contribution in [1.29, 1.82) is 0 Å². The predicted octanol–water partition coefficient (Wildman–Crippen LogP) is 1.76. The molecule has 25 heavy (non-hydrogen) atoms. The monoisotopic (exact) mass is 353 g/mol. The van der Waals surface area contributed by atoms with Gasteiger partial charge in [-0.3, -0.25) is 9.59 Å². The van der Waals surface area contributed by atoms with E-state index in [1.807, 2.05) is 9.80 Å². The highest BCUT2D eigenvalue weighted by atomic mass is 16.5. The van der Waals surface area contributed by atoms with E-state index in [0.717, 1.165) is 45.2 Å². The van der Waals surface area contributed by atoms with Crippen LogP contribution in [0.25, 0.3) is 0 Å². The SMILES string of the molecule is COC(=O)CCCCNC(=O)N1CCC(CC(=O)N2CCCC2)CC1. The van der Waals surface area contributed by atoms with Gasteiger partial charge in [0.1, 0.15) is 0 Å². The number of nitrogens with zero attached hydrogens (tertiary/aromatic N) is 2. The minimum atomic E-state index is -0.211. The van der Waals surface area contributed by atoms with E-state index in [2.05, 4.69) is 10.1 Å². The Balaban J connectivity index is 1.56. The second-order valence-corrected chi connectivity index (χ2v) is 6.99. The number of esters is 1. The van der Waals surface area contributed by atoms with Crippen molar-refractivity contribution in [1.82, 2.24) is 15.1 Å². The fourth-order valence-electron chi connectivity index (χ4n) is 3.49. The molecule has 0 bridgehead atoms. The predicted molar refractivity (Wildman–Crippen MR) is 94.0 cm³/mol. The normalized spacial score (nSPS) is 18.3. The highest BCUT2D eigenvalue weighted by molar-refractivity contribution is 5.77. The molecule has 2 fully saturated rings. The number of urea groups is 1. The zero-order valence-corrected chi connectivity index (χ0v) is 15.3. The first-order chi connectivity index (χ1) is 12.1. The number of piperidine rings is 1. The summed E-state index contributed by atoms with van der Waals surface area (Å²) < 4.78 is 4.58. The molecule has 0 saturated carbocycles. The number of amides is 3. The number of unbranched alkanes of at least 4 members (excludes halogenated alkanes) is 1. The topological polar surface area (TPSA) is 79.0 Å². The largest absolute Gasteiger partial charge is 0.469 e. The number of methoxy groups -OCH3 is 1. The highest BCUT2D eigenvalue weighted by Gasteiger charge is 2.26. The summed E-state index contributed by atoms with van der Waals surface area (Å²) in [7, 11) is 1.38. The Bertz CT molecular complexity index is 455. The van der Waals surface area contributed by atoms with E-state index in [9.17, 15) is 14.4 Å². The number of carbonyl (C=O) groups excluding carboxylic acids is 3. The van der Waals surface area contributed by atoms with Gasteiger partial charge in [0.2, 0.25) is 5.91 Å². The van der Waals surface area contributed by atoms with Gasteiger partial charge in [-0.25, -0.2) is 4.79 Å². The Hall–Kier alpha value is -1.79. The molecule has 2 heterocycles. The molecule has 0 aromatic rings. The summed E-state index contributed by atoms with van der Waals surface area (Å²) >= 11 is 0. The maximum atomic E-state index is 12.2. The fourth-order valence-corrected chi connectivity index (χ4v) is 3.49. The van der Waals surface area contributed by atoms with E-state index < -0.39 is 0 Å². The van der Waals surface area contributed by atoms with Crippen LogP contribution in [0.1, 0.15) is 51.4 Å². The van der Waals surface area contributed by atoms with Crippen molar-refractivity contribution in [3.8, 4) is 0 Å². The number of carbonyl (C=O) groups is 3. The second kappa shape index (κ2) is 10.3. The number of likely N-dealkylation sites (tertiary alicyclic amines) is 2.